The van der Waals surface area contributed by atoms with Crippen molar-refractivity contribution >= 4 is 5.57 Å². The van der Waals surface area contributed by atoms with Gasteiger partial charge in [0.2, 0.25) is 0 Å². The van der Waals surface area contributed by atoms with Crippen molar-refractivity contribution in [3.63, 3.8) is 0 Å². The monoisotopic (exact) mass is 568 g/mol. The van der Waals surface area contributed by atoms with Crippen LogP contribution in [0.2, 0.25) is 0 Å². The van der Waals surface area contributed by atoms with Crippen LogP contribution in [0, 0.1) is 40.6 Å². The lowest BCUT2D eigenvalue weighted by Crippen LogP contribution is -2.09. The average Bonchev–Trinajstić information content (AvgIpc) is 3.29. The fraction of sp³-hybridized carbons (Fsp3) is 0.0667. The van der Waals surface area contributed by atoms with Crippen molar-refractivity contribution in [2.45, 2.75) is 12.4 Å². The van der Waals surface area contributed by atoms with Gasteiger partial charge < -0.3 is 0 Å². The highest BCUT2D eigenvalue weighted by Crippen LogP contribution is 2.47. The first-order valence-electron chi connectivity index (χ1n) is 11.7. The Morgan fingerprint density at radius 1 is 0.667 bits per heavy atom. The SMILES string of the molecule is [C-]#[N+]/C(C#N)=C1\c2ccccc2-c2nc(-c3ccc(C#N)c(C(F)(F)F)c3)c(-c3ccc(C#N)c(C(F)(F)F)c3)nc21. The van der Waals surface area contributed by atoms with Crippen molar-refractivity contribution in [1.82, 2.24) is 9.97 Å². The largest absolute Gasteiger partial charge is 0.417 e. The Kier molecular flexibility index (Phi) is 6.49. The van der Waals surface area contributed by atoms with Crippen LogP contribution in [0.15, 0.2) is 66.4 Å². The first kappa shape index (κ1) is 27.6. The maximum atomic E-state index is 13.9. The molecule has 0 saturated carbocycles. The number of fused-ring (bicyclic) bond motifs is 3. The number of nitrogens with zero attached hydrogens (tertiary/aromatic N) is 6. The Balaban J connectivity index is 1.92. The zero-order chi connectivity index (χ0) is 30.4. The molecule has 0 atom stereocenters. The molecular weight excluding hydrogens is 558 g/mol. The van der Waals surface area contributed by atoms with Crippen LogP contribution >= 0.6 is 0 Å². The maximum Gasteiger partial charge on any atom is 0.417 e. The van der Waals surface area contributed by atoms with Gasteiger partial charge in [-0.1, -0.05) is 36.4 Å². The highest BCUT2D eigenvalue weighted by Gasteiger charge is 2.37. The van der Waals surface area contributed by atoms with Gasteiger partial charge in [-0.15, -0.1) is 0 Å². The van der Waals surface area contributed by atoms with E-state index in [-0.39, 0.29) is 45.2 Å². The molecule has 4 aromatic rings. The zero-order valence-electron chi connectivity index (χ0n) is 20.7. The van der Waals surface area contributed by atoms with Gasteiger partial charge in [0, 0.05) is 22.3 Å². The summed E-state index contributed by atoms with van der Waals surface area (Å²) in [4.78, 5) is 12.3. The fourth-order valence-electron chi connectivity index (χ4n) is 4.66. The first-order chi connectivity index (χ1) is 19.9. The number of halogens is 6. The molecule has 3 aromatic carbocycles. The highest BCUT2D eigenvalue weighted by atomic mass is 19.4. The second-order valence-electron chi connectivity index (χ2n) is 8.85. The third kappa shape index (κ3) is 4.48. The van der Waals surface area contributed by atoms with Gasteiger partial charge in [0.05, 0.1) is 69.8 Å². The summed E-state index contributed by atoms with van der Waals surface area (Å²) in [5, 5.41) is 28.1. The van der Waals surface area contributed by atoms with E-state index in [9.17, 15) is 42.1 Å². The predicted molar refractivity (Wildman–Crippen MR) is 136 cm³/mol. The number of benzene rings is 3. The van der Waals surface area contributed by atoms with Crippen LogP contribution in [-0.2, 0) is 12.4 Å². The lowest BCUT2D eigenvalue weighted by molar-refractivity contribution is -0.138. The summed E-state index contributed by atoms with van der Waals surface area (Å²) in [6.45, 7) is 7.47. The van der Waals surface area contributed by atoms with Crippen molar-refractivity contribution in [1.29, 1.82) is 15.8 Å². The molecule has 0 radical (unpaired) electrons. The summed E-state index contributed by atoms with van der Waals surface area (Å²) in [6.07, 6.45) is -9.90. The second-order valence-corrected chi connectivity index (χ2v) is 8.85. The molecule has 0 bridgehead atoms. The lowest BCUT2D eigenvalue weighted by Gasteiger charge is -2.16. The second kappa shape index (κ2) is 9.89. The van der Waals surface area contributed by atoms with Gasteiger partial charge in [0.15, 0.2) is 0 Å². The van der Waals surface area contributed by atoms with Gasteiger partial charge in [-0.2, -0.15) is 36.9 Å². The maximum absolute atomic E-state index is 13.9. The van der Waals surface area contributed by atoms with Crippen molar-refractivity contribution in [2.75, 3.05) is 0 Å². The molecule has 42 heavy (non-hydrogen) atoms. The van der Waals surface area contributed by atoms with E-state index in [0.717, 1.165) is 18.2 Å². The fourth-order valence-corrected chi connectivity index (χ4v) is 4.66. The molecule has 1 aliphatic rings. The Bertz CT molecular complexity index is 2000. The summed E-state index contributed by atoms with van der Waals surface area (Å²) < 4.78 is 83.1. The standard InChI is InChI=1S/C30H10F6N6/c1-40-23(14-39)24-19-4-2-3-5-20(19)27-28(24)42-26(16-7-9-18(13-38)22(11-16)30(34,35)36)25(41-27)15-6-8-17(12-37)21(10-15)29(31,32)33/h2-11H/b24-23+. The van der Waals surface area contributed by atoms with Crippen LogP contribution in [0.5, 0.6) is 0 Å². The van der Waals surface area contributed by atoms with Gasteiger partial charge in [0.25, 0.3) is 5.70 Å². The minimum Gasteiger partial charge on any atom is -0.244 e. The van der Waals surface area contributed by atoms with E-state index in [1.807, 2.05) is 0 Å². The number of allylic oxidation sites excluding steroid dienone is 1. The van der Waals surface area contributed by atoms with E-state index in [1.54, 1.807) is 30.3 Å². The smallest absolute Gasteiger partial charge is 0.244 e. The van der Waals surface area contributed by atoms with Crippen molar-refractivity contribution in [2.24, 2.45) is 0 Å². The molecule has 1 aliphatic carbocycles. The van der Waals surface area contributed by atoms with Gasteiger partial charge in [-0.25, -0.2) is 20.1 Å². The third-order valence-corrected chi connectivity index (χ3v) is 6.48. The zero-order valence-corrected chi connectivity index (χ0v) is 20.7. The van der Waals surface area contributed by atoms with Gasteiger partial charge in [-0.05, 0) is 29.8 Å². The molecule has 0 saturated heterocycles. The molecule has 0 fully saturated rings. The van der Waals surface area contributed by atoms with Crippen LogP contribution in [-0.4, -0.2) is 9.97 Å². The molecule has 6 nitrogen and oxygen atoms in total. The van der Waals surface area contributed by atoms with Crippen LogP contribution < -0.4 is 0 Å². The summed E-state index contributed by atoms with van der Waals surface area (Å²) >= 11 is 0. The molecule has 1 heterocycles. The Hall–Kier alpha value is -5.98. The number of hydrogen-bond donors (Lipinski definition) is 0. The summed E-state index contributed by atoms with van der Waals surface area (Å²) in [7, 11) is 0. The van der Waals surface area contributed by atoms with Gasteiger partial charge in [0.1, 0.15) is 0 Å². The number of alkyl halides is 6. The molecule has 202 valence electrons. The molecule has 1 aromatic heterocycles. The van der Waals surface area contributed by atoms with Gasteiger partial charge in [-0.3, -0.25) is 0 Å². The van der Waals surface area contributed by atoms with E-state index in [1.165, 1.54) is 18.2 Å². The van der Waals surface area contributed by atoms with Crippen molar-refractivity contribution in [3.05, 3.63) is 111 Å². The van der Waals surface area contributed by atoms with Crippen molar-refractivity contribution < 1.29 is 26.3 Å². The predicted octanol–water partition coefficient (Wildman–Crippen LogP) is 7.77. The number of nitriles is 3. The van der Waals surface area contributed by atoms with E-state index in [2.05, 4.69) is 14.8 Å². The average molecular weight is 568 g/mol. The lowest BCUT2D eigenvalue weighted by atomic mass is 9.96. The van der Waals surface area contributed by atoms with E-state index in [0.29, 0.717) is 23.3 Å². The van der Waals surface area contributed by atoms with Crippen molar-refractivity contribution in [3.8, 4) is 52.0 Å². The highest BCUT2D eigenvalue weighted by molar-refractivity contribution is 6.02. The molecular formula is C30H10F6N6. The van der Waals surface area contributed by atoms with Crippen LogP contribution in [0.1, 0.15) is 33.5 Å². The summed E-state index contributed by atoms with van der Waals surface area (Å²) in [5.41, 5.74) is -4.38. The van der Waals surface area contributed by atoms with E-state index >= 15 is 0 Å². The molecule has 0 aliphatic heterocycles. The summed E-state index contributed by atoms with van der Waals surface area (Å²) in [6, 6.07) is 16.6. The Morgan fingerprint density at radius 3 is 1.57 bits per heavy atom. The summed E-state index contributed by atoms with van der Waals surface area (Å²) in [5.74, 6) is 0. The molecule has 0 amide bonds. The Labute approximate surface area is 233 Å². The topological polar surface area (TPSA) is 102 Å². The number of aromatic nitrogens is 2. The molecule has 0 spiro atoms. The molecule has 5 rings (SSSR count). The third-order valence-electron chi connectivity index (χ3n) is 6.48. The minimum absolute atomic E-state index is 0.0230. The first-order valence-corrected chi connectivity index (χ1v) is 11.7. The van der Waals surface area contributed by atoms with Gasteiger partial charge >= 0.3 is 12.4 Å². The molecule has 0 unspecified atom stereocenters. The normalized spacial score (nSPS) is 13.2. The van der Waals surface area contributed by atoms with Crippen LogP contribution in [0.25, 0.3) is 44.2 Å². The molecule has 0 N–H and O–H groups in total. The van der Waals surface area contributed by atoms with Crippen LogP contribution in [0.4, 0.5) is 26.3 Å². The van der Waals surface area contributed by atoms with E-state index in [4.69, 9.17) is 6.57 Å². The number of hydrogen-bond acceptors (Lipinski definition) is 5. The minimum atomic E-state index is -4.96. The quantitative estimate of drug-likeness (QED) is 0.123. The van der Waals surface area contributed by atoms with Crippen LogP contribution in [0.3, 0.4) is 0 Å². The Morgan fingerprint density at radius 2 is 1.14 bits per heavy atom. The number of rotatable bonds is 2. The molecule has 12 heteroatoms. The van der Waals surface area contributed by atoms with E-state index < -0.39 is 34.6 Å².